The zero-order chi connectivity index (χ0) is 15.1. The third kappa shape index (κ3) is 6.30. The van der Waals surface area contributed by atoms with Gasteiger partial charge in [0.15, 0.2) is 0 Å². The molecule has 0 saturated carbocycles. The minimum Gasteiger partial charge on any atom is -0.435 e. The standard InChI is InChI=1S/C15H23F2NO2/c1-10(2)8-13(19)9-18-11(3)12-4-6-14(7-5-12)20-15(16)17/h4-7,10-11,13,15,18-19H,8-9H2,1-3H3. The number of halogens is 2. The Bertz CT molecular complexity index is 382. The molecular formula is C15H23F2NO2. The third-order valence-corrected chi connectivity index (χ3v) is 3.01. The summed E-state index contributed by atoms with van der Waals surface area (Å²) in [5.74, 6) is 0.601. The first-order valence-corrected chi connectivity index (χ1v) is 6.84. The normalized spacial score (nSPS) is 14.6. The molecule has 20 heavy (non-hydrogen) atoms. The smallest absolute Gasteiger partial charge is 0.387 e. The van der Waals surface area contributed by atoms with E-state index in [-0.39, 0.29) is 17.9 Å². The molecule has 1 aromatic carbocycles. The fourth-order valence-corrected chi connectivity index (χ4v) is 2.00. The van der Waals surface area contributed by atoms with Crippen LogP contribution in [0, 0.1) is 5.92 Å². The molecule has 1 aromatic rings. The molecule has 2 unspecified atom stereocenters. The molecule has 0 radical (unpaired) electrons. The van der Waals surface area contributed by atoms with E-state index in [0.717, 1.165) is 12.0 Å². The van der Waals surface area contributed by atoms with Crippen LogP contribution in [0.4, 0.5) is 8.78 Å². The molecule has 2 atom stereocenters. The Labute approximate surface area is 119 Å². The van der Waals surface area contributed by atoms with Crippen LogP contribution in [-0.2, 0) is 0 Å². The second-order valence-electron chi connectivity index (χ2n) is 5.36. The number of nitrogens with one attached hydrogen (secondary N) is 1. The van der Waals surface area contributed by atoms with E-state index in [1.807, 2.05) is 6.92 Å². The van der Waals surface area contributed by atoms with Crippen molar-refractivity contribution in [3.8, 4) is 5.75 Å². The zero-order valence-corrected chi connectivity index (χ0v) is 12.1. The third-order valence-electron chi connectivity index (χ3n) is 3.01. The van der Waals surface area contributed by atoms with E-state index in [4.69, 9.17) is 0 Å². The number of hydrogen-bond donors (Lipinski definition) is 2. The minimum atomic E-state index is -2.80. The predicted octanol–water partition coefficient (Wildman–Crippen LogP) is 3.35. The van der Waals surface area contributed by atoms with Gasteiger partial charge in [-0.05, 0) is 37.0 Å². The summed E-state index contributed by atoms with van der Waals surface area (Å²) < 4.78 is 28.4. The highest BCUT2D eigenvalue weighted by Gasteiger charge is 2.11. The Morgan fingerprint density at radius 2 is 1.75 bits per heavy atom. The van der Waals surface area contributed by atoms with Gasteiger partial charge in [-0.2, -0.15) is 8.78 Å². The van der Waals surface area contributed by atoms with Gasteiger partial charge in [0.05, 0.1) is 6.10 Å². The summed E-state index contributed by atoms with van der Waals surface area (Å²) in [6.07, 6.45) is 0.375. The molecule has 0 aliphatic carbocycles. The van der Waals surface area contributed by atoms with Crippen LogP contribution < -0.4 is 10.1 Å². The number of ether oxygens (including phenoxy) is 1. The van der Waals surface area contributed by atoms with Crippen LogP contribution in [0.3, 0.4) is 0 Å². The Kier molecular flexibility index (Phi) is 6.88. The number of alkyl halides is 2. The molecule has 0 bridgehead atoms. The lowest BCUT2D eigenvalue weighted by atomic mass is 10.0. The topological polar surface area (TPSA) is 41.5 Å². The van der Waals surface area contributed by atoms with Gasteiger partial charge in [-0.25, -0.2) is 0 Å². The van der Waals surface area contributed by atoms with E-state index < -0.39 is 6.61 Å². The number of benzene rings is 1. The molecule has 5 heteroatoms. The van der Waals surface area contributed by atoms with Gasteiger partial charge in [0, 0.05) is 12.6 Å². The average molecular weight is 287 g/mol. The SMILES string of the molecule is CC(C)CC(O)CNC(C)c1ccc(OC(F)F)cc1. The maximum Gasteiger partial charge on any atom is 0.387 e. The van der Waals surface area contributed by atoms with Crippen molar-refractivity contribution in [3.05, 3.63) is 29.8 Å². The summed E-state index contributed by atoms with van der Waals surface area (Å²) in [5, 5.41) is 13.0. The summed E-state index contributed by atoms with van der Waals surface area (Å²) in [6, 6.07) is 6.56. The van der Waals surface area contributed by atoms with Gasteiger partial charge < -0.3 is 15.2 Å². The van der Waals surface area contributed by atoms with Gasteiger partial charge >= 0.3 is 6.61 Å². The van der Waals surface area contributed by atoms with Crippen molar-refractivity contribution in [1.29, 1.82) is 0 Å². The Morgan fingerprint density at radius 3 is 2.25 bits per heavy atom. The second kappa shape index (κ2) is 8.17. The van der Waals surface area contributed by atoms with Crippen molar-refractivity contribution in [2.24, 2.45) is 5.92 Å². The number of hydrogen-bond acceptors (Lipinski definition) is 3. The molecule has 2 N–H and O–H groups in total. The molecule has 0 heterocycles. The molecule has 0 saturated heterocycles. The Hall–Kier alpha value is -1.20. The molecule has 0 amide bonds. The van der Waals surface area contributed by atoms with Gasteiger partial charge in [0.2, 0.25) is 0 Å². The highest BCUT2D eigenvalue weighted by Crippen LogP contribution is 2.19. The van der Waals surface area contributed by atoms with E-state index in [2.05, 4.69) is 23.9 Å². The van der Waals surface area contributed by atoms with Crippen LogP contribution in [0.1, 0.15) is 38.8 Å². The second-order valence-corrected chi connectivity index (χ2v) is 5.36. The monoisotopic (exact) mass is 287 g/mol. The predicted molar refractivity (Wildman–Crippen MR) is 75.0 cm³/mol. The quantitative estimate of drug-likeness (QED) is 0.770. The lowest BCUT2D eigenvalue weighted by Crippen LogP contribution is -2.29. The fraction of sp³-hybridized carbons (Fsp3) is 0.600. The fourth-order valence-electron chi connectivity index (χ4n) is 2.00. The lowest BCUT2D eigenvalue weighted by molar-refractivity contribution is -0.0498. The maximum absolute atomic E-state index is 12.0. The summed E-state index contributed by atoms with van der Waals surface area (Å²) >= 11 is 0. The highest BCUT2D eigenvalue weighted by atomic mass is 19.3. The first-order valence-electron chi connectivity index (χ1n) is 6.84. The average Bonchev–Trinajstić information content (AvgIpc) is 2.35. The largest absolute Gasteiger partial charge is 0.435 e. The van der Waals surface area contributed by atoms with Crippen molar-refractivity contribution in [1.82, 2.24) is 5.32 Å². The van der Waals surface area contributed by atoms with E-state index in [0.29, 0.717) is 12.5 Å². The summed E-state index contributed by atoms with van der Waals surface area (Å²) in [5.41, 5.74) is 0.961. The van der Waals surface area contributed by atoms with Crippen LogP contribution in [0.15, 0.2) is 24.3 Å². The van der Waals surface area contributed by atoms with E-state index >= 15 is 0 Å². The first-order chi connectivity index (χ1) is 9.38. The van der Waals surface area contributed by atoms with Crippen LogP contribution in [0.5, 0.6) is 5.75 Å². The zero-order valence-electron chi connectivity index (χ0n) is 12.1. The van der Waals surface area contributed by atoms with Crippen LogP contribution in [-0.4, -0.2) is 24.4 Å². The van der Waals surface area contributed by atoms with Gasteiger partial charge in [-0.15, -0.1) is 0 Å². The molecule has 0 aromatic heterocycles. The molecule has 0 aliphatic heterocycles. The number of aliphatic hydroxyl groups excluding tert-OH is 1. The van der Waals surface area contributed by atoms with Gasteiger partial charge in [0.25, 0.3) is 0 Å². The van der Waals surface area contributed by atoms with Gasteiger partial charge in [-0.1, -0.05) is 26.0 Å². The van der Waals surface area contributed by atoms with E-state index in [9.17, 15) is 13.9 Å². The van der Waals surface area contributed by atoms with Crippen LogP contribution >= 0.6 is 0 Å². The van der Waals surface area contributed by atoms with Crippen LogP contribution in [0.25, 0.3) is 0 Å². The molecule has 114 valence electrons. The summed E-state index contributed by atoms with van der Waals surface area (Å²) in [4.78, 5) is 0. The molecule has 3 nitrogen and oxygen atoms in total. The molecular weight excluding hydrogens is 264 g/mol. The molecule has 0 fully saturated rings. The van der Waals surface area contributed by atoms with Gasteiger partial charge in [0.1, 0.15) is 5.75 Å². The van der Waals surface area contributed by atoms with Crippen molar-refractivity contribution < 1.29 is 18.6 Å². The minimum absolute atomic E-state index is 0.0393. The van der Waals surface area contributed by atoms with Crippen molar-refractivity contribution >= 4 is 0 Å². The van der Waals surface area contributed by atoms with Crippen molar-refractivity contribution in [3.63, 3.8) is 0 Å². The summed E-state index contributed by atoms with van der Waals surface area (Å²) in [7, 11) is 0. The Morgan fingerprint density at radius 1 is 1.15 bits per heavy atom. The van der Waals surface area contributed by atoms with Gasteiger partial charge in [-0.3, -0.25) is 0 Å². The lowest BCUT2D eigenvalue weighted by Gasteiger charge is -2.19. The number of aliphatic hydroxyl groups is 1. The van der Waals surface area contributed by atoms with Crippen LogP contribution in [0.2, 0.25) is 0 Å². The van der Waals surface area contributed by atoms with E-state index in [1.165, 1.54) is 12.1 Å². The molecule has 1 rings (SSSR count). The highest BCUT2D eigenvalue weighted by molar-refractivity contribution is 5.28. The van der Waals surface area contributed by atoms with Crippen molar-refractivity contribution in [2.45, 2.75) is 45.9 Å². The molecule has 0 aliphatic rings. The van der Waals surface area contributed by atoms with E-state index in [1.54, 1.807) is 12.1 Å². The van der Waals surface area contributed by atoms with Crippen molar-refractivity contribution in [2.75, 3.05) is 6.54 Å². The Balaban J connectivity index is 2.45. The first kappa shape index (κ1) is 16.9. The molecule has 0 spiro atoms. The summed E-state index contributed by atoms with van der Waals surface area (Å²) in [6.45, 7) is 3.80. The number of rotatable bonds is 8. The maximum atomic E-state index is 12.0.